The van der Waals surface area contributed by atoms with Crippen LogP contribution < -0.4 is 25.8 Å². The van der Waals surface area contributed by atoms with E-state index < -0.39 is 0 Å². The molecular weight excluding hydrogens is 508 g/mol. The SMILES string of the molecule is COc1cc(Nc2nccc(-c3ccc(OC4CCOCC4)c(N)c3)n2)ccc1C(=O)NCCC1CCCN1C. The van der Waals surface area contributed by atoms with Gasteiger partial charge in [-0.2, -0.15) is 0 Å². The first-order valence-electron chi connectivity index (χ1n) is 13.9. The molecule has 1 unspecified atom stereocenters. The van der Waals surface area contributed by atoms with Crippen LogP contribution in [0.15, 0.2) is 48.7 Å². The van der Waals surface area contributed by atoms with Crippen molar-refractivity contribution in [3.8, 4) is 22.8 Å². The smallest absolute Gasteiger partial charge is 0.255 e. The Bertz CT molecular complexity index is 1310. The van der Waals surface area contributed by atoms with E-state index in [9.17, 15) is 4.79 Å². The summed E-state index contributed by atoms with van der Waals surface area (Å²) in [5.41, 5.74) is 9.64. The number of carbonyl (C=O) groups excluding carboxylic acids is 1. The molecule has 3 heterocycles. The summed E-state index contributed by atoms with van der Waals surface area (Å²) in [6, 6.07) is 13.4. The molecule has 2 saturated heterocycles. The first-order chi connectivity index (χ1) is 19.5. The molecule has 4 N–H and O–H groups in total. The van der Waals surface area contributed by atoms with Crippen LogP contribution in [0.3, 0.4) is 0 Å². The van der Waals surface area contributed by atoms with Crippen LogP contribution in [0.1, 0.15) is 42.5 Å². The van der Waals surface area contributed by atoms with Crippen molar-refractivity contribution in [1.29, 1.82) is 0 Å². The van der Waals surface area contributed by atoms with Gasteiger partial charge in [-0.15, -0.1) is 0 Å². The van der Waals surface area contributed by atoms with E-state index in [1.165, 1.54) is 12.8 Å². The monoisotopic (exact) mass is 546 g/mol. The van der Waals surface area contributed by atoms with E-state index in [4.69, 9.17) is 19.9 Å². The minimum Gasteiger partial charge on any atom is -0.496 e. The molecule has 0 spiro atoms. The van der Waals surface area contributed by atoms with Crippen LogP contribution in [0.4, 0.5) is 17.3 Å². The standard InChI is InChI=1S/C30H38N6O4/c1-36-15-3-4-22(36)9-13-32-29(37)24-7-6-21(19-28(24)38-2)34-30-33-14-10-26(35-30)20-5-8-27(25(31)18-20)40-23-11-16-39-17-12-23/h5-8,10,14,18-19,22-23H,3-4,9,11-13,15-17,31H2,1-2H3,(H,32,37)(H,33,34,35). The Kier molecular flexibility index (Phi) is 8.98. The van der Waals surface area contributed by atoms with E-state index in [-0.39, 0.29) is 12.0 Å². The number of benzene rings is 2. The highest BCUT2D eigenvalue weighted by Crippen LogP contribution is 2.31. The number of nitrogens with zero attached hydrogens (tertiary/aromatic N) is 3. The number of anilines is 3. The van der Waals surface area contributed by atoms with E-state index in [1.807, 2.05) is 30.3 Å². The van der Waals surface area contributed by atoms with Crippen LogP contribution in [-0.2, 0) is 4.74 Å². The molecular formula is C30H38N6O4. The van der Waals surface area contributed by atoms with Crippen LogP contribution in [0.5, 0.6) is 11.5 Å². The quantitative estimate of drug-likeness (QED) is 0.320. The van der Waals surface area contributed by atoms with Gasteiger partial charge in [-0.1, -0.05) is 0 Å². The fourth-order valence-corrected chi connectivity index (χ4v) is 5.25. The van der Waals surface area contributed by atoms with Gasteiger partial charge in [0.15, 0.2) is 0 Å². The van der Waals surface area contributed by atoms with Crippen molar-refractivity contribution in [2.45, 2.75) is 44.2 Å². The molecule has 10 nitrogen and oxygen atoms in total. The van der Waals surface area contributed by atoms with Gasteiger partial charge in [0, 0.05) is 48.9 Å². The summed E-state index contributed by atoms with van der Waals surface area (Å²) in [7, 11) is 3.70. The number of carbonyl (C=O) groups is 1. The molecule has 1 amide bonds. The summed E-state index contributed by atoms with van der Waals surface area (Å²) in [5.74, 6) is 1.41. The fourth-order valence-electron chi connectivity index (χ4n) is 5.25. The number of nitrogens with two attached hydrogens (primary N) is 1. The number of nitrogen functional groups attached to an aromatic ring is 1. The first kappa shape index (κ1) is 27.7. The highest BCUT2D eigenvalue weighted by atomic mass is 16.5. The third-order valence-corrected chi connectivity index (χ3v) is 7.56. The molecule has 2 aliphatic rings. The lowest BCUT2D eigenvalue weighted by Crippen LogP contribution is -2.31. The number of hydrogen-bond acceptors (Lipinski definition) is 9. The number of likely N-dealkylation sites (tertiary alicyclic amines) is 1. The van der Waals surface area contributed by atoms with Crippen molar-refractivity contribution in [2.24, 2.45) is 0 Å². The minimum atomic E-state index is -0.149. The Balaban J connectivity index is 1.22. The topological polar surface area (TPSA) is 124 Å². The van der Waals surface area contributed by atoms with Crippen molar-refractivity contribution in [1.82, 2.24) is 20.2 Å². The van der Waals surface area contributed by atoms with Gasteiger partial charge in [-0.05, 0) is 69.3 Å². The molecule has 1 aromatic heterocycles. The highest BCUT2D eigenvalue weighted by molar-refractivity contribution is 5.97. The third kappa shape index (κ3) is 6.81. The zero-order valence-corrected chi connectivity index (χ0v) is 23.2. The summed E-state index contributed by atoms with van der Waals surface area (Å²) >= 11 is 0. The van der Waals surface area contributed by atoms with E-state index in [0.29, 0.717) is 60.2 Å². The molecule has 0 radical (unpaired) electrons. The molecule has 0 saturated carbocycles. The number of methoxy groups -OCH3 is 1. The second-order valence-electron chi connectivity index (χ2n) is 10.3. The lowest BCUT2D eigenvalue weighted by molar-refractivity contribution is 0.0259. The van der Waals surface area contributed by atoms with Gasteiger partial charge < -0.3 is 35.5 Å². The second-order valence-corrected chi connectivity index (χ2v) is 10.3. The summed E-state index contributed by atoms with van der Waals surface area (Å²) < 4.78 is 17.0. The zero-order valence-electron chi connectivity index (χ0n) is 23.2. The summed E-state index contributed by atoms with van der Waals surface area (Å²) in [6.07, 6.45) is 6.86. The van der Waals surface area contributed by atoms with E-state index >= 15 is 0 Å². The Morgan fingerprint density at radius 2 is 1.98 bits per heavy atom. The van der Waals surface area contributed by atoms with Gasteiger partial charge in [0.05, 0.1) is 37.3 Å². The van der Waals surface area contributed by atoms with Gasteiger partial charge in [-0.3, -0.25) is 4.79 Å². The molecule has 0 aliphatic carbocycles. The number of ether oxygens (including phenoxy) is 3. The van der Waals surface area contributed by atoms with Gasteiger partial charge in [-0.25, -0.2) is 9.97 Å². The molecule has 2 fully saturated rings. The second kappa shape index (κ2) is 13.0. The van der Waals surface area contributed by atoms with E-state index in [0.717, 1.165) is 37.1 Å². The average Bonchev–Trinajstić information content (AvgIpc) is 3.39. The van der Waals surface area contributed by atoms with Crippen LogP contribution >= 0.6 is 0 Å². The molecule has 10 heteroatoms. The maximum atomic E-state index is 12.8. The maximum absolute atomic E-state index is 12.8. The summed E-state index contributed by atoms with van der Waals surface area (Å²) in [4.78, 5) is 24.2. The minimum absolute atomic E-state index is 0.116. The van der Waals surface area contributed by atoms with Crippen LogP contribution in [-0.4, -0.2) is 73.4 Å². The molecule has 212 valence electrons. The van der Waals surface area contributed by atoms with Crippen molar-refractivity contribution in [3.63, 3.8) is 0 Å². The predicted molar refractivity (Wildman–Crippen MR) is 155 cm³/mol. The Hall–Kier alpha value is -3.89. The number of amides is 1. The van der Waals surface area contributed by atoms with Gasteiger partial charge in [0.25, 0.3) is 5.91 Å². The summed E-state index contributed by atoms with van der Waals surface area (Å²) in [6.45, 7) is 3.17. The zero-order chi connectivity index (χ0) is 27.9. The fraction of sp³-hybridized carbons (Fsp3) is 0.433. The maximum Gasteiger partial charge on any atom is 0.255 e. The number of rotatable bonds is 10. The van der Waals surface area contributed by atoms with Crippen LogP contribution in [0.25, 0.3) is 11.3 Å². The number of nitrogens with one attached hydrogen (secondary N) is 2. The molecule has 1 atom stereocenters. The number of hydrogen-bond donors (Lipinski definition) is 3. The van der Waals surface area contributed by atoms with Gasteiger partial charge >= 0.3 is 0 Å². The summed E-state index contributed by atoms with van der Waals surface area (Å²) in [5, 5.41) is 6.24. The highest BCUT2D eigenvalue weighted by Gasteiger charge is 2.21. The van der Waals surface area contributed by atoms with Crippen molar-refractivity contribution in [2.75, 3.05) is 51.5 Å². The largest absolute Gasteiger partial charge is 0.496 e. The average molecular weight is 547 g/mol. The van der Waals surface area contributed by atoms with Gasteiger partial charge in [0.2, 0.25) is 5.95 Å². The first-order valence-corrected chi connectivity index (χ1v) is 13.9. The molecule has 5 rings (SSSR count). The van der Waals surface area contributed by atoms with Crippen LogP contribution in [0, 0.1) is 0 Å². The van der Waals surface area contributed by atoms with Gasteiger partial charge in [0.1, 0.15) is 17.6 Å². The molecule has 2 aromatic carbocycles. The van der Waals surface area contributed by atoms with Crippen LogP contribution in [0.2, 0.25) is 0 Å². The Morgan fingerprint density at radius 3 is 2.73 bits per heavy atom. The molecule has 40 heavy (non-hydrogen) atoms. The lowest BCUT2D eigenvalue weighted by Gasteiger charge is -2.24. The molecule has 2 aliphatic heterocycles. The third-order valence-electron chi connectivity index (χ3n) is 7.56. The normalized spacial score (nSPS) is 17.9. The van der Waals surface area contributed by atoms with Crippen molar-refractivity contribution >= 4 is 23.2 Å². The molecule has 3 aromatic rings. The predicted octanol–water partition coefficient (Wildman–Crippen LogP) is 4.25. The van der Waals surface area contributed by atoms with E-state index in [2.05, 4.69) is 32.5 Å². The Labute approximate surface area is 235 Å². The molecule has 0 bridgehead atoms. The van der Waals surface area contributed by atoms with E-state index in [1.54, 1.807) is 25.4 Å². The van der Waals surface area contributed by atoms with Crippen molar-refractivity contribution in [3.05, 3.63) is 54.2 Å². The number of aromatic nitrogens is 2. The van der Waals surface area contributed by atoms with Crippen molar-refractivity contribution < 1.29 is 19.0 Å². The lowest BCUT2D eigenvalue weighted by atomic mass is 10.1. The Morgan fingerprint density at radius 1 is 1.12 bits per heavy atom.